The zero-order valence-electron chi connectivity index (χ0n) is 9.48. The lowest BCUT2D eigenvalue weighted by molar-refractivity contribution is 0.589. The van der Waals surface area contributed by atoms with Gasteiger partial charge in [0, 0.05) is 5.69 Å². The van der Waals surface area contributed by atoms with E-state index in [4.69, 9.17) is 17.3 Å². The average molecular weight is 268 g/mol. The molecule has 0 aliphatic carbocycles. The Morgan fingerprint density at radius 2 is 2.24 bits per heavy atom. The van der Waals surface area contributed by atoms with E-state index in [9.17, 15) is 0 Å². The maximum absolute atomic E-state index is 5.94. The molecule has 1 atom stereocenters. The highest BCUT2D eigenvalue weighted by Crippen LogP contribution is 2.27. The van der Waals surface area contributed by atoms with E-state index in [2.05, 4.69) is 10.3 Å². The molecule has 2 rings (SSSR count). The summed E-state index contributed by atoms with van der Waals surface area (Å²) < 4.78 is 0.710. The molecule has 1 aromatic carbocycles. The van der Waals surface area contributed by atoms with Crippen LogP contribution in [0.15, 0.2) is 30.5 Å². The van der Waals surface area contributed by atoms with E-state index in [0.29, 0.717) is 4.34 Å². The highest BCUT2D eigenvalue weighted by molar-refractivity contribution is 7.15. The number of para-hydroxylation sites is 1. The highest BCUT2D eigenvalue weighted by atomic mass is 35.5. The van der Waals surface area contributed by atoms with Gasteiger partial charge in [-0.15, -0.1) is 11.3 Å². The molecule has 0 saturated carbocycles. The fourth-order valence-corrected chi connectivity index (χ4v) is 2.72. The first-order chi connectivity index (χ1) is 8.20. The number of likely N-dealkylation sites (N-methyl/N-ethyl adjacent to an activating group) is 1. The number of hydrogen-bond donors (Lipinski definition) is 2. The Morgan fingerprint density at radius 1 is 1.47 bits per heavy atom. The molecule has 1 heterocycles. The number of anilines is 1. The molecule has 0 bridgehead atoms. The molecule has 0 amide bonds. The number of nitrogens with zero attached hydrogens (tertiary/aromatic N) is 1. The predicted molar refractivity (Wildman–Crippen MR) is 73.5 cm³/mol. The van der Waals surface area contributed by atoms with Crippen LogP contribution in [-0.2, 0) is 6.42 Å². The van der Waals surface area contributed by atoms with Gasteiger partial charge in [0.05, 0.1) is 12.2 Å². The maximum atomic E-state index is 5.94. The van der Waals surface area contributed by atoms with E-state index in [0.717, 1.165) is 22.7 Å². The van der Waals surface area contributed by atoms with Crippen molar-refractivity contribution in [3.05, 3.63) is 45.4 Å². The van der Waals surface area contributed by atoms with E-state index in [1.54, 1.807) is 6.20 Å². The number of aromatic nitrogens is 1. The fourth-order valence-electron chi connectivity index (χ4n) is 1.68. The van der Waals surface area contributed by atoms with Crippen molar-refractivity contribution in [2.45, 2.75) is 12.5 Å². The van der Waals surface area contributed by atoms with Crippen LogP contribution in [0.5, 0.6) is 0 Å². The third kappa shape index (κ3) is 2.97. The van der Waals surface area contributed by atoms with Gasteiger partial charge in [0.25, 0.3) is 0 Å². The number of hydrogen-bond acceptors (Lipinski definition) is 4. The number of nitrogen functional groups attached to an aromatic ring is 1. The minimum absolute atomic E-state index is 0.150. The van der Waals surface area contributed by atoms with Gasteiger partial charge in [-0.1, -0.05) is 29.8 Å². The number of benzene rings is 1. The van der Waals surface area contributed by atoms with Gasteiger partial charge in [0.2, 0.25) is 0 Å². The van der Waals surface area contributed by atoms with Crippen molar-refractivity contribution in [3.63, 3.8) is 0 Å². The number of rotatable bonds is 4. The van der Waals surface area contributed by atoms with Crippen LogP contribution in [-0.4, -0.2) is 12.0 Å². The Bertz CT molecular complexity index is 498. The van der Waals surface area contributed by atoms with Crippen molar-refractivity contribution in [2.75, 3.05) is 12.8 Å². The molecular formula is C12H14ClN3S. The molecule has 2 aromatic rings. The standard InChI is InChI=1S/C12H14ClN3S/c1-15-10(12-16-7-11(13)17-12)6-8-4-2-3-5-9(8)14/h2-5,7,10,15H,6,14H2,1H3. The largest absolute Gasteiger partial charge is 0.399 e. The molecular weight excluding hydrogens is 254 g/mol. The first-order valence-corrected chi connectivity index (χ1v) is 6.52. The Labute approximate surface area is 110 Å². The number of nitrogens with two attached hydrogens (primary N) is 1. The Morgan fingerprint density at radius 3 is 2.82 bits per heavy atom. The molecule has 0 aliphatic heterocycles. The zero-order valence-corrected chi connectivity index (χ0v) is 11.1. The monoisotopic (exact) mass is 267 g/mol. The van der Waals surface area contributed by atoms with E-state index < -0.39 is 0 Å². The lowest BCUT2D eigenvalue weighted by Crippen LogP contribution is -2.19. The third-order valence-corrected chi connectivity index (χ3v) is 3.85. The molecule has 0 radical (unpaired) electrons. The summed E-state index contributed by atoms with van der Waals surface area (Å²) >= 11 is 7.40. The average Bonchev–Trinajstić information content (AvgIpc) is 2.75. The lowest BCUT2D eigenvalue weighted by atomic mass is 10.0. The van der Waals surface area contributed by atoms with Crippen LogP contribution in [0.1, 0.15) is 16.6 Å². The molecule has 3 nitrogen and oxygen atoms in total. The van der Waals surface area contributed by atoms with E-state index >= 15 is 0 Å². The maximum Gasteiger partial charge on any atom is 0.113 e. The van der Waals surface area contributed by atoms with Crippen LogP contribution in [0.2, 0.25) is 4.34 Å². The lowest BCUT2D eigenvalue weighted by Gasteiger charge is -2.14. The van der Waals surface area contributed by atoms with Crippen LogP contribution in [0, 0.1) is 0 Å². The van der Waals surface area contributed by atoms with Gasteiger partial charge < -0.3 is 11.1 Å². The highest BCUT2D eigenvalue weighted by Gasteiger charge is 2.15. The molecule has 17 heavy (non-hydrogen) atoms. The summed E-state index contributed by atoms with van der Waals surface area (Å²) in [5, 5.41) is 4.23. The molecule has 0 aliphatic rings. The predicted octanol–water partition coefficient (Wildman–Crippen LogP) is 2.88. The number of halogens is 1. The van der Waals surface area contributed by atoms with Gasteiger partial charge >= 0.3 is 0 Å². The zero-order chi connectivity index (χ0) is 12.3. The van der Waals surface area contributed by atoms with Crippen molar-refractivity contribution in [1.29, 1.82) is 0 Å². The summed E-state index contributed by atoms with van der Waals surface area (Å²) in [5.74, 6) is 0. The Balaban J connectivity index is 2.18. The van der Waals surface area contributed by atoms with Crippen molar-refractivity contribution in [2.24, 2.45) is 0 Å². The topological polar surface area (TPSA) is 50.9 Å². The second-order valence-electron chi connectivity index (χ2n) is 3.75. The molecule has 90 valence electrons. The molecule has 5 heteroatoms. The summed E-state index contributed by atoms with van der Waals surface area (Å²) in [4.78, 5) is 4.30. The quantitative estimate of drug-likeness (QED) is 0.838. The van der Waals surface area contributed by atoms with E-state index in [1.165, 1.54) is 11.3 Å². The van der Waals surface area contributed by atoms with Crippen molar-refractivity contribution in [1.82, 2.24) is 10.3 Å². The molecule has 0 spiro atoms. The summed E-state index contributed by atoms with van der Waals surface area (Å²) in [6.45, 7) is 0. The van der Waals surface area contributed by atoms with Crippen LogP contribution >= 0.6 is 22.9 Å². The first-order valence-electron chi connectivity index (χ1n) is 5.32. The third-order valence-electron chi connectivity index (χ3n) is 2.62. The van der Waals surface area contributed by atoms with Crippen LogP contribution in [0.4, 0.5) is 5.69 Å². The second-order valence-corrected chi connectivity index (χ2v) is 5.44. The second kappa shape index (κ2) is 5.49. The minimum Gasteiger partial charge on any atom is -0.399 e. The van der Waals surface area contributed by atoms with Crippen molar-refractivity contribution >= 4 is 28.6 Å². The van der Waals surface area contributed by atoms with Gasteiger partial charge in [-0.05, 0) is 25.1 Å². The molecule has 0 fully saturated rings. The number of thiazole rings is 1. The smallest absolute Gasteiger partial charge is 0.113 e. The molecule has 3 N–H and O–H groups in total. The Hall–Kier alpha value is -1.10. The van der Waals surface area contributed by atoms with Gasteiger partial charge in [-0.25, -0.2) is 4.98 Å². The van der Waals surface area contributed by atoms with E-state index in [-0.39, 0.29) is 6.04 Å². The van der Waals surface area contributed by atoms with Gasteiger partial charge in [0.1, 0.15) is 9.34 Å². The summed E-state index contributed by atoms with van der Waals surface area (Å²) in [6.07, 6.45) is 2.49. The molecule has 0 saturated heterocycles. The van der Waals surface area contributed by atoms with Crippen molar-refractivity contribution in [3.8, 4) is 0 Å². The van der Waals surface area contributed by atoms with Gasteiger partial charge in [0.15, 0.2) is 0 Å². The Kier molecular flexibility index (Phi) is 3.99. The van der Waals surface area contributed by atoms with Gasteiger partial charge in [-0.2, -0.15) is 0 Å². The summed E-state index contributed by atoms with van der Waals surface area (Å²) in [5.41, 5.74) is 7.87. The molecule has 1 aromatic heterocycles. The summed E-state index contributed by atoms with van der Waals surface area (Å²) in [7, 11) is 1.92. The van der Waals surface area contributed by atoms with Crippen LogP contribution in [0.3, 0.4) is 0 Å². The van der Waals surface area contributed by atoms with Crippen LogP contribution in [0.25, 0.3) is 0 Å². The van der Waals surface area contributed by atoms with E-state index in [1.807, 2.05) is 31.3 Å². The molecule has 1 unspecified atom stereocenters. The fraction of sp³-hybridized carbons (Fsp3) is 0.250. The number of nitrogens with one attached hydrogen (secondary N) is 1. The van der Waals surface area contributed by atoms with Crippen molar-refractivity contribution < 1.29 is 0 Å². The summed E-state index contributed by atoms with van der Waals surface area (Å²) in [6, 6.07) is 8.03. The van der Waals surface area contributed by atoms with Crippen LogP contribution < -0.4 is 11.1 Å². The minimum atomic E-state index is 0.150. The SMILES string of the molecule is CNC(Cc1ccccc1N)c1ncc(Cl)s1. The van der Waals surface area contributed by atoms with Gasteiger partial charge in [-0.3, -0.25) is 0 Å². The first kappa shape index (κ1) is 12.4. The normalized spacial score (nSPS) is 12.6.